The number of fused-ring (bicyclic) bond motifs is 1. The molecule has 0 aliphatic carbocycles. The summed E-state index contributed by atoms with van der Waals surface area (Å²) in [5.74, 6) is 0.889. The van der Waals surface area contributed by atoms with Gasteiger partial charge in [-0.1, -0.05) is 42.5 Å². The largest absolute Gasteiger partial charge is 0.497 e. The van der Waals surface area contributed by atoms with E-state index >= 15 is 0 Å². The summed E-state index contributed by atoms with van der Waals surface area (Å²) in [7, 11) is 1.69. The second-order valence-electron chi connectivity index (χ2n) is 4.74. The van der Waals surface area contributed by atoms with Crippen LogP contribution in [0.5, 0.6) is 5.75 Å². The number of hydrogen-bond donors (Lipinski definition) is 0. The van der Waals surface area contributed by atoms with Crippen LogP contribution in [0, 0.1) is 6.92 Å². The van der Waals surface area contributed by atoms with Crippen LogP contribution >= 0.6 is 0 Å². The van der Waals surface area contributed by atoms with Gasteiger partial charge in [0.15, 0.2) is 0 Å². The lowest BCUT2D eigenvalue weighted by Gasteiger charge is -2.07. The molecule has 0 amide bonds. The molecular formula is C18H16O. The van der Waals surface area contributed by atoms with Crippen molar-refractivity contribution in [1.29, 1.82) is 0 Å². The lowest BCUT2D eigenvalue weighted by atomic mass is 9.99. The third-order valence-electron chi connectivity index (χ3n) is 3.52. The van der Waals surface area contributed by atoms with E-state index in [1.807, 2.05) is 12.1 Å². The fraction of sp³-hybridized carbons (Fsp3) is 0.111. The van der Waals surface area contributed by atoms with E-state index in [4.69, 9.17) is 4.74 Å². The van der Waals surface area contributed by atoms with Crippen LogP contribution in [-0.4, -0.2) is 7.11 Å². The highest BCUT2D eigenvalue weighted by atomic mass is 16.5. The van der Waals surface area contributed by atoms with E-state index in [1.165, 1.54) is 27.5 Å². The Kier molecular flexibility index (Phi) is 2.96. The van der Waals surface area contributed by atoms with Crippen LogP contribution in [0.2, 0.25) is 0 Å². The molecule has 0 saturated carbocycles. The van der Waals surface area contributed by atoms with Gasteiger partial charge < -0.3 is 4.74 Å². The molecule has 0 N–H and O–H groups in total. The summed E-state index contributed by atoms with van der Waals surface area (Å²) >= 11 is 0. The summed E-state index contributed by atoms with van der Waals surface area (Å²) in [4.78, 5) is 0. The van der Waals surface area contributed by atoms with Crippen molar-refractivity contribution in [2.24, 2.45) is 0 Å². The number of methoxy groups -OCH3 is 1. The van der Waals surface area contributed by atoms with Gasteiger partial charge in [0.05, 0.1) is 7.11 Å². The summed E-state index contributed by atoms with van der Waals surface area (Å²) in [6, 6.07) is 21.2. The molecule has 0 fully saturated rings. The summed E-state index contributed by atoms with van der Waals surface area (Å²) in [5.41, 5.74) is 3.77. The van der Waals surface area contributed by atoms with Gasteiger partial charge in [0.1, 0.15) is 5.75 Å². The number of hydrogen-bond acceptors (Lipinski definition) is 1. The van der Waals surface area contributed by atoms with Gasteiger partial charge in [-0.25, -0.2) is 0 Å². The molecule has 3 aromatic carbocycles. The normalized spacial score (nSPS) is 10.6. The molecule has 19 heavy (non-hydrogen) atoms. The van der Waals surface area contributed by atoms with Gasteiger partial charge in [-0.3, -0.25) is 0 Å². The van der Waals surface area contributed by atoms with Gasteiger partial charge >= 0.3 is 0 Å². The highest BCUT2D eigenvalue weighted by Crippen LogP contribution is 2.27. The maximum absolute atomic E-state index is 5.19. The fourth-order valence-electron chi connectivity index (χ4n) is 2.41. The zero-order valence-corrected chi connectivity index (χ0v) is 11.2. The van der Waals surface area contributed by atoms with E-state index in [0.29, 0.717) is 0 Å². The van der Waals surface area contributed by atoms with Crippen molar-refractivity contribution in [1.82, 2.24) is 0 Å². The Morgan fingerprint density at radius 3 is 2.26 bits per heavy atom. The second kappa shape index (κ2) is 4.77. The Hall–Kier alpha value is -2.28. The lowest BCUT2D eigenvalue weighted by molar-refractivity contribution is 0.415. The Labute approximate surface area is 113 Å². The third-order valence-corrected chi connectivity index (χ3v) is 3.52. The van der Waals surface area contributed by atoms with Gasteiger partial charge in [-0.2, -0.15) is 0 Å². The molecule has 0 unspecified atom stereocenters. The van der Waals surface area contributed by atoms with Crippen LogP contribution in [0.25, 0.3) is 21.9 Å². The topological polar surface area (TPSA) is 9.23 Å². The molecule has 1 heteroatoms. The van der Waals surface area contributed by atoms with E-state index in [2.05, 4.69) is 55.5 Å². The SMILES string of the molecule is COc1ccc(-c2ccc3c(C)cccc3c2)cc1. The number of benzene rings is 3. The van der Waals surface area contributed by atoms with Crippen molar-refractivity contribution in [3.63, 3.8) is 0 Å². The van der Waals surface area contributed by atoms with E-state index in [-0.39, 0.29) is 0 Å². The minimum absolute atomic E-state index is 0.889. The quantitative estimate of drug-likeness (QED) is 0.631. The Morgan fingerprint density at radius 2 is 1.53 bits per heavy atom. The molecule has 0 atom stereocenters. The average Bonchev–Trinajstić information content (AvgIpc) is 2.47. The molecule has 1 nitrogen and oxygen atoms in total. The van der Waals surface area contributed by atoms with E-state index < -0.39 is 0 Å². The van der Waals surface area contributed by atoms with Crippen LogP contribution in [-0.2, 0) is 0 Å². The number of ether oxygens (including phenoxy) is 1. The molecule has 0 aliphatic rings. The standard InChI is InChI=1S/C18H16O/c1-13-4-3-5-16-12-15(8-11-18(13)16)14-6-9-17(19-2)10-7-14/h3-12H,1-2H3. The van der Waals surface area contributed by atoms with Gasteiger partial charge in [0.2, 0.25) is 0 Å². The van der Waals surface area contributed by atoms with Crippen molar-refractivity contribution in [2.75, 3.05) is 7.11 Å². The Balaban J connectivity index is 2.09. The zero-order valence-electron chi connectivity index (χ0n) is 11.2. The Bertz CT molecular complexity index is 711. The van der Waals surface area contributed by atoms with Gasteiger partial charge in [-0.15, -0.1) is 0 Å². The first-order valence-electron chi connectivity index (χ1n) is 6.42. The lowest BCUT2D eigenvalue weighted by Crippen LogP contribution is -1.84. The summed E-state index contributed by atoms with van der Waals surface area (Å²) < 4.78 is 5.19. The molecule has 0 spiro atoms. The van der Waals surface area contributed by atoms with Gasteiger partial charge in [0, 0.05) is 0 Å². The smallest absolute Gasteiger partial charge is 0.118 e. The van der Waals surface area contributed by atoms with Crippen molar-refractivity contribution in [3.05, 3.63) is 66.2 Å². The third kappa shape index (κ3) is 2.19. The van der Waals surface area contributed by atoms with Crippen LogP contribution in [0.15, 0.2) is 60.7 Å². The van der Waals surface area contributed by atoms with E-state index in [9.17, 15) is 0 Å². The molecule has 0 heterocycles. The highest BCUT2D eigenvalue weighted by Gasteiger charge is 2.01. The van der Waals surface area contributed by atoms with Gasteiger partial charge in [-0.05, 0) is 52.6 Å². The molecular weight excluding hydrogens is 232 g/mol. The first kappa shape index (κ1) is 11.8. The minimum atomic E-state index is 0.889. The zero-order chi connectivity index (χ0) is 13.2. The summed E-state index contributed by atoms with van der Waals surface area (Å²) in [5, 5.41) is 2.60. The average molecular weight is 248 g/mol. The summed E-state index contributed by atoms with van der Waals surface area (Å²) in [6.45, 7) is 2.15. The molecule has 0 aliphatic heterocycles. The van der Waals surface area contributed by atoms with Crippen molar-refractivity contribution >= 4 is 10.8 Å². The highest BCUT2D eigenvalue weighted by molar-refractivity contribution is 5.89. The monoisotopic (exact) mass is 248 g/mol. The molecule has 3 rings (SSSR count). The van der Waals surface area contributed by atoms with Crippen LogP contribution in [0.1, 0.15) is 5.56 Å². The van der Waals surface area contributed by atoms with Crippen LogP contribution in [0.4, 0.5) is 0 Å². The first-order chi connectivity index (χ1) is 9.28. The second-order valence-corrected chi connectivity index (χ2v) is 4.74. The molecule has 0 saturated heterocycles. The first-order valence-corrected chi connectivity index (χ1v) is 6.42. The molecule has 0 radical (unpaired) electrons. The predicted octanol–water partition coefficient (Wildman–Crippen LogP) is 4.82. The van der Waals surface area contributed by atoms with Crippen molar-refractivity contribution < 1.29 is 4.74 Å². The molecule has 0 bridgehead atoms. The number of rotatable bonds is 2. The predicted molar refractivity (Wildman–Crippen MR) is 80.7 cm³/mol. The summed E-state index contributed by atoms with van der Waals surface area (Å²) in [6.07, 6.45) is 0. The maximum Gasteiger partial charge on any atom is 0.118 e. The van der Waals surface area contributed by atoms with Crippen LogP contribution in [0.3, 0.4) is 0 Å². The Morgan fingerprint density at radius 1 is 0.789 bits per heavy atom. The molecule has 3 aromatic rings. The van der Waals surface area contributed by atoms with E-state index in [1.54, 1.807) is 7.11 Å². The molecule has 94 valence electrons. The maximum atomic E-state index is 5.19. The minimum Gasteiger partial charge on any atom is -0.497 e. The van der Waals surface area contributed by atoms with Gasteiger partial charge in [0.25, 0.3) is 0 Å². The van der Waals surface area contributed by atoms with Crippen molar-refractivity contribution in [2.45, 2.75) is 6.92 Å². The van der Waals surface area contributed by atoms with E-state index in [0.717, 1.165) is 5.75 Å². The van der Waals surface area contributed by atoms with Crippen LogP contribution < -0.4 is 4.74 Å². The van der Waals surface area contributed by atoms with Crippen molar-refractivity contribution in [3.8, 4) is 16.9 Å². The number of aryl methyl sites for hydroxylation is 1. The molecule has 0 aromatic heterocycles. The fourth-order valence-corrected chi connectivity index (χ4v) is 2.41.